The van der Waals surface area contributed by atoms with Gasteiger partial charge < -0.3 is 15.1 Å². The van der Waals surface area contributed by atoms with Crippen LogP contribution in [0, 0.1) is 5.82 Å². The molecule has 2 fully saturated rings. The highest BCUT2D eigenvalue weighted by Gasteiger charge is 2.38. The van der Waals surface area contributed by atoms with Crippen molar-refractivity contribution in [3.8, 4) is 0 Å². The van der Waals surface area contributed by atoms with Crippen molar-refractivity contribution in [3.63, 3.8) is 0 Å². The van der Waals surface area contributed by atoms with E-state index in [4.69, 9.17) is 11.6 Å². The van der Waals surface area contributed by atoms with Gasteiger partial charge in [0.1, 0.15) is 5.82 Å². The lowest BCUT2D eigenvalue weighted by molar-refractivity contribution is -0.145. The minimum absolute atomic E-state index is 0.00227. The molecular formula is C25H27ClFN3O3. The van der Waals surface area contributed by atoms with Crippen molar-refractivity contribution >= 4 is 29.3 Å². The van der Waals surface area contributed by atoms with Crippen LogP contribution in [-0.4, -0.2) is 52.7 Å². The average molecular weight is 472 g/mol. The van der Waals surface area contributed by atoms with Crippen molar-refractivity contribution in [1.29, 1.82) is 0 Å². The minimum Gasteiger partial charge on any atom is -0.350 e. The number of hydrogen-bond acceptors (Lipinski definition) is 3. The summed E-state index contributed by atoms with van der Waals surface area (Å²) in [5.74, 6) is -0.577. The molecule has 1 atom stereocenters. The second-order valence-corrected chi connectivity index (χ2v) is 9.33. The highest BCUT2D eigenvalue weighted by molar-refractivity contribution is 6.30. The summed E-state index contributed by atoms with van der Waals surface area (Å²) < 4.78 is 13.4. The number of benzene rings is 2. The molecule has 8 heteroatoms. The Hall–Kier alpha value is -2.93. The number of rotatable bonds is 7. The normalized spacial score (nSPS) is 20.8. The molecule has 0 radical (unpaired) electrons. The van der Waals surface area contributed by atoms with Gasteiger partial charge in [-0.2, -0.15) is 0 Å². The van der Waals surface area contributed by atoms with E-state index < -0.39 is 5.54 Å². The summed E-state index contributed by atoms with van der Waals surface area (Å²) in [5.41, 5.74) is 1.31. The van der Waals surface area contributed by atoms with Crippen molar-refractivity contribution in [2.45, 2.75) is 44.2 Å². The zero-order valence-corrected chi connectivity index (χ0v) is 19.1. The lowest BCUT2D eigenvalue weighted by Crippen LogP contribution is -2.52. The summed E-state index contributed by atoms with van der Waals surface area (Å²) in [6.07, 6.45) is 2.51. The fraction of sp³-hybridized carbons (Fsp3) is 0.400. The van der Waals surface area contributed by atoms with Crippen LogP contribution in [0.3, 0.4) is 0 Å². The Bertz CT molecular complexity index is 1050. The zero-order chi connectivity index (χ0) is 23.4. The van der Waals surface area contributed by atoms with Crippen LogP contribution < -0.4 is 5.32 Å². The van der Waals surface area contributed by atoms with E-state index in [1.807, 2.05) is 24.3 Å². The SMILES string of the molecule is O=C1CC[C@](CCC(=O)N2CCN(Cc3cccc(F)c3)C(=O)C2)(Cc2ccc(Cl)cc2)N1. The van der Waals surface area contributed by atoms with Gasteiger partial charge in [0.2, 0.25) is 17.7 Å². The molecule has 2 heterocycles. The van der Waals surface area contributed by atoms with E-state index in [0.717, 1.165) is 11.1 Å². The quantitative estimate of drug-likeness (QED) is 0.673. The minimum atomic E-state index is -0.468. The summed E-state index contributed by atoms with van der Waals surface area (Å²) >= 11 is 5.98. The van der Waals surface area contributed by atoms with Crippen LogP contribution in [0.25, 0.3) is 0 Å². The Morgan fingerprint density at radius 2 is 1.88 bits per heavy atom. The molecule has 0 saturated carbocycles. The molecule has 33 heavy (non-hydrogen) atoms. The fourth-order valence-electron chi connectivity index (χ4n) is 4.62. The van der Waals surface area contributed by atoms with Gasteiger partial charge in [-0.1, -0.05) is 35.9 Å². The number of carbonyl (C=O) groups is 3. The maximum Gasteiger partial charge on any atom is 0.242 e. The number of halogens is 2. The van der Waals surface area contributed by atoms with Crippen molar-refractivity contribution in [2.75, 3.05) is 19.6 Å². The van der Waals surface area contributed by atoms with Crippen LogP contribution in [0.5, 0.6) is 0 Å². The smallest absolute Gasteiger partial charge is 0.242 e. The molecule has 3 amide bonds. The molecule has 0 aliphatic carbocycles. The molecule has 2 saturated heterocycles. The summed E-state index contributed by atoms with van der Waals surface area (Å²) in [6, 6.07) is 13.7. The van der Waals surface area contributed by atoms with Gasteiger partial charge in [0.15, 0.2) is 0 Å². The highest BCUT2D eigenvalue weighted by Crippen LogP contribution is 2.30. The molecule has 0 spiro atoms. The van der Waals surface area contributed by atoms with Gasteiger partial charge >= 0.3 is 0 Å². The van der Waals surface area contributed by atoms with Crippen LogP contribution in [-0.2, 0) is 27.3 Å². The third-order valence-corrected chi connectivity index (χ3v) is 6.69. The molecule has 2 aromatic rings. The van der Waals surface area contributed by atoms with Crippen LogP contribution in [0.4, 0.5) is 4.39 Å². The number of piperazine rings is 1. The zero-order valence-electron chi connectivity index (χ0n) is 18.4. The molecule has 2 aliphatic rings. The van der Waals surface area contributed by atoms with E-state index in [1.165, 1.54) is 12.1 Å². The van der Waals surface area contributed by atoms with Crippen LogP contribution in [0.2, 0.25) is 5.02 Å². The van der Waals surface area contributed by atoms with Crippen molar-refractivity contribution in [2.24, 2.45) is 0 Å². The first kappa shape index (κ1) is 23.2. The van der Waals surface area contributed by atoms with Gasteiger partial charge in [0.25, 0.3) is 0 Å². The first-order valence-corrected chi connectivity index (χ1v) is 11.6. The van der Waals surface area contributed by atoms with Gasteiger partial charge in [-0.3, -0.25) is 14.4 Å². The molecule has 2 aromatic carbocycles. The van der Waals surface area contributed by atoms with E-state index in [-0.39, 0.29) is 36.5 Å². The standard InChI is InChI=1S/C25H27ClFN3O3/c26-20-6-4-18(5-7-20)15-25(10-8-22(31)28-25)11-9-23(32)30-13-12-29(24(33)17-30)16-19-2-1-3-21(27)14-19/h1-7,14H,8-13,15-17H2,(H,28,31)/t25-/m0/s1. The Morgan fingerprint density at radius 1 is 1.09 bits per heavy atom. The topological polar surface area (TPSA) is 69.7 Å². The van der Waals surface area contributed by atoms with Gasteiger partial charge in [-0.05, 0) is 54.7 Å². The number of nitrogens with one attached hydrogen (secondary N) is 1. The van der Waals surface area contributed by atoms with E-state index in [2.05, 4.69) is 5.32 Å². The largest absolute Gasteiger partial charge is 0.350 e. The van der Waals surface area contributed by atoms with Gasteiger partial charge in [-0.15, -0.1) is 0 Å². The Labute approximate surface area is 197 Å². The maximum absolute atomic E-state index is 13.4. The van der Waals surface area contributed by atoms with Crippen LogP contribution in [0.1, 0.15) is 36.8 Å². The first-order chi connectivity index (χ1) is 15.8. The number of hydrogen-bond donors (Lipinski definition) is 1. The predicted molar refractivity (Wildman–Crippen MR) is 123 cm³/mol. The molecule has 2 aliphatic heterocycles. The van der Waals surface area contributed by atoms with E-state index in [9.17, 15) is 18.8 Å². The molecule has 0 unspecified atom stereocenters. The molecule has 0 aromatic heterocycles. The third-order valence-electron chi connectivity index (χ3n) is 6.44. The lowest BCUT2D eigenvalue weighted by Gasteiger charge is -2.35. The molecule has 1 N–H and O–H groups in total. The molecular weight excluding hydrogens is 445 g/mol. The lowest BCUT2D eigenvalue weighted by atomic mass is 9.85. The number of carbonyl (C=O) groups excluding carboxylic acids is 3. The highest BCUT2D eigenvalue weighted by atomic mass is 35.5. The first-order valence-electron chi connectivity index (χ1n) is 11.2. The van der Waals surface area contributed by atoms with Crippen molar-refractivity contribution in [3.05, 3.63) is 70.5 Å². The monoisotopic (exact) mass is 471 g/mol. The van der Waals surface area contributed by atoms with E-state index >= 15 is 0 Å². The van der Waals surface area contributed by atoms with Gasteiger partial charge in [0, 0.05) is 43.0 Å². The molecule has 6 nitrogen and oxygen atoms in total. The summed E-state index contributed by atoms with van der Waals surface area (Å²) in [4.78, 5) is 40.7. The second kappa shape index (κ2) is 9.91. The van der Waals surface area contributed by atoms with Crippen molar-refractivity contribution < 1.29 is 18.8 Å². The van der Waals surface area contributed by atoms with Crippen LogP contribution in [0.15, 0.2) is 48.5 Å². The summed E-state index contributed by atoms with van der Waals surface area (Å²) in [6.45, 7) is 1.20. The average Bonchev–Trinajstić information content (AvgIpc) is 3.15. The van der Waals surface area contributed by atoms with Crippen LogP contribution >= 0.6 is 11.6 Å². The Balaban J connectivity index is 1.33. The maximum atomic E-state index is 13.4. The van der Waals surface area contributed by atoms with E-state index in [1.54, 1.807) is 21.9 Å². The Kier molecular flexibility index (Phi) is 6.98. The van der Waals surface area contributed by atoms with Gasteiger partial charge in [0.05, 0.1) is 6.54 Å². The second-order valence-electron chi connectivity index (χ2n) is 8.89. The number of amides is 3. The fourth-order valence-corrected chi connectivity index (χ4v) is 4.75. The number of nitrogens with zero attached hydrogens (tertiary/aromatic N) is 2. The summed E-state index contributed by atoms with van der Waals surface area (Å²) in [5, 5.41) is 3.74. The Morgan fingerprint density at radius 3 is 2.55 bits per heavy atom. The third kappa shape index (κ3) is 5.90. The molecule has 174 valence electrons. The van der Waals surface area contributed by atoms with Gasteiger partial charge in [-0.25, -0.2) is 4.39 Å². The van der Waals surface area contributed by atoms with E-state index in [0.29, 0.717) is 50.3 Å². The van der Waals surface area contributed by atoms with Crippen molar-refractivity contribution in [1.82, 2.24) is 15.1 Å². The summed E-state index contributed by atoms with van der Waals surface area (Å²) in [7, 11) is 0. The predicted octanol–water partition coefficient (Wildman–Crippen LogP) is 3.32. The molecule has 4 rings (SSSR count). The molecule has 0 bridgehead atoms.